The Bertz CT molecular complexity index is 531. The number of aromatic amines is 1. The van der Waals surface area contributed by atoms with Gasteiger partial charge in [0, 0.05) is 37.3 Å². The molecule has 5 heteroatoms. The summed E-state index contributed by atoms with van der Waals surface area (Å²) < 4.78 is 6.26. The zero-order valence-corrected chi connectivity index (χ0v) is 15.8. The van der Waals surface area contributed by atoms with Gasteiger partial charge in [-0.25, -0.2) is 0 Å². The third kappa shape index (κ3) is 4.01. The smallest absolute Gasteiger partial charge is 0.0697 e. The summed E-state index contributed by atoms with van der Waals surface area (Å²) in [5, 5.41) is 10.9. The monoisotopic (exact) mass is 334 g/mol. The van der Waals surface area contributed by atoms with Crippen LogP contribution in [0.15, 0.2) is 6.20 Å². The van der Waals surface area contributed by atoms with Crippen molar-refractivity contribution in [1.29, 1.82) is 0 Å². The van der Waals surface area contributed by atoms with Gasteiger partial charge in [0.15, 0.2) is 0 Å². The lowest BCUT2D eigenvalue weighted by Crippen LogP contribution is -2.34. The highest BCUT2D eigenvalue weighted by atomic mass is 16.5. The van der Waals surface area contributed by atoms with Crippen molar-refractivity contribution in [2.75, 3.05) is 33.8 Å². The van der Waals surface area contributed by atoms with Crippen LogP contribution in [-0.4, -0.2) is 54.5 Å². The molecule has 5 nitrogen and oxygen atoms in total. The first kappa shape index (κ1) is 17.9. The number of H-pyrrole nitrogens is 1. The van der Waals surface area contributed by atoms with Gasteiger partial charge in [-0.3, -0.25) is 5.10 Å². The molecule has 1 aromatic heterocycles. The molecule has 1 spiro atoms. The van der Waals surface area contributed by atoms with Crippen LogP contribution in [0.5, 0.6) is 0 Å². The highest BCUT2D eigenvalue weighted by Gasteiger charge is 2.46. The molecule has 1 aliphatic carbocycles. The topological polar surface area (TPSA) is 53.2 Å². The van der Waals surface area contributed by atoms with E-state index in [-0.39, 0.29) is 5.60 Å². The molecule has 1 saturated carbocycles. The number of likely N-dealkylation sites (N-methyl/N-ethyl adjacent to an activating group) is 2. The highest BCUT2D eigenvalue weighted by Crippen LogP contribution is 2.49. The molecule has 0 aromatic carbocycles. The maximum Gasteiger partial charge on any atom is 0.0697 e. The standard InChI is InChI=1S/C19H34N4O/c1-18(2)13-19(24-14-18)7-5-15(6-8-19)17-16(11-21-22-17)12-23(4)10-9-20-3/h11,15,20H,5-10,12-14H2,1-4H3,(H,21,22). The van der Waals surface area contributed by atoms with Gasteiger partial charge in [0.2, 0.25) is 0 Å². The van der Waals surface area contributed by atoms with Crippen molar-refractivity contribution in [2.45, 2.75) is 64.0 Å². The van der Waals surface area contributed by atoms with Crippen LogP contribution < -0.4 is 5.32 Å². The molecule has 2 N–H and O–H groups in total. The third-order valence-corrected chi connectivity index (χ3v) is 5.79. The second-order valence-electron chi connectivity index (χ2n) is 8.72. The summed E-state index contributed by atoms with van der Waals surface area (Å²) in [7, 11) is 4.18. The van der Waals surface area contributed by atoms with Gasteiger partial charge in [0.1, 0.15) is 0 Å². The van der Waals surface area contributed by atoms with E-state index in [0.29, 0.717) is 11.3 Å². The van der Waals surface area contributed by atoms with Gasteiger partial charge in [0.05, 0.1) is 17.9 Å². The molecule has 2 heterocycles. The van der Waals surface area contributed by atoms with Crippen LogP contribution in [0.1, 0.15) is 63.1 Å². The molecule has 3 rings (SSSR count). The quantitative estimate of drug-likeness (QED) is 0.840. The van der Waals surface area contributed by atoms with Crippen LogP contribution in [0.4, 0.5) is 0 Å². The summed E-state index contributed by atoms with van der Waals surface area (Å²) in [5.41, 5.74) is 3.15. The Hall–Kier alpha value is -0.910. The van der Waals surface area contributed by atoms with E-state index in [0.717, 1.165) is 26.2 Å². The first-order chi connectivity index (χ1) is 11.4. The molecule has 2 aliphatic rings. The van der Waals surface area contributed by atoms with E-state index in [1.165, 1.54) is 43.4 Å². The average Bonchev–Trinajstić information content (AvgIpc) is 3.11. The Balaban J connectivity index is 1.58. The van der Waals surface area contributed by atoms with E-state index < -0.39 is 0 Å². The van der Waals surface area contributed by atoms with Crippen LogP contribution >= 0.6 is 0 Å². The van der Waals surface area contributed by atoms with E-state index >= 15 is 0 Å². The van der Waals surface area contributed by atoms with Crippen LogP contribution in [0, 0.1) is 5.41 Å². The van der Waals surface area contributed by atoms with Gasteiger partial charge in [-0.05, 0) is 51.6 Å². The number of ether oxygens (including phenoxy) is 1. The van der Waals surface area contributed by atoms with Gasteiger partial charge >= 0.3 is 0 Å². The maximum atomic E-state index is 6.26. The molecule has 24 heavy (non-hydrogen) atoms. The lowest BCUT2D eigenvalue weighted by molar-refractivity contribution is -0.0296. The third-order valence-electron chi connectivity index (χ3n) is 5.79. The largest absolute Gasteiger partial charge is 0.374 e. The first-order valence-corrected chi connectivity index (χ1v) is 9.43. The van der Waals surface area contributed by atoms with Crippen molar-refractivity contribution in [3.05, 3.63) is 17.5 Å². The molecule has 2 fully saturated rings. The summed E-state index contributed by atoms with van der Waals surface area (Å²) in [6, 6.07) is 0. The van der Waals surface area contributed by atoms with E-state index in [9.17, 15) is 0 Å². The van der Waals surface area contributed by atoms with E-state index in [2.05, 4.69) is 47.5 Å². The lowest BCUT2D eigenvalue weighted by Gasteiger charge is -2.37. The molecule has 1 saturated heterocycles. The molecular formula is C19H34N4O. The number of hydrogen-bond acceptors (Lipinski definition) is 4. The summed E-state index contributed by atoms with van der Waals surface area (Å²) in [4.78, 5) is 2.36. The number of hydrogen-bond donors (Lipinski definition) is 2. The fourth-order valence-electron chi connectivity index (χ4n) is 4.54. The van der Waals surface area contributed by atoms with Crippen LogP contribution in [-0.2, 0) is 11.3 Å². The molecule has 0 bridgehead atoms. The van der Waals surface area contributed by atoms with E-state index in [1.54, 1.807) is 0 Å². The molecule has 0 unspecified atom stereocenters. The highest BCUT2D eigenvalue weighted by molar-refractivity contribution is 5.22. The SMILES string of the molecule is CNCCN(C)Cc1c[nH]nc1C1CCC2(CC1)CC(C)(C)CO2. The number of aromatic nitrogens is 2. The Morgan fingerprint density at radius 3 is 2.75 bits per heavy atom. The second-order valence-corrected chi connectivity index (χ2v) is 8.72. The molecular weight excluding hydrogens is 300 g/mol. The van der Waals surface area contributed by atoms with Gasteiger partial charge in [0.25, 0.3) is 0 Å². The van der Waals surface area contributed by atoms with Crippen molar-refractivity contribution in [3.8, 4) is 0 Å². The van der Waals surface area contributed by atoms with E-state index in [4.69, 9.17) is 4.74 Å². The minimum absolute atomic E-state index is 0.153. The number of nitrogens with one attached hydrogen (secondary N) is 2. The number of nitrogens with zero attached hydrogens (tertiary/aromatic N) is 2. The average molecular weight is 335 g/mol. The van der Waals surface area contributed by atoms with Crippen LogP contribution in [0.3, 0.4) is 0 Å². The predicted octanol–water partition coefficient (Wildman–Crippen LogP) is 2.90. The summed E-state index contributed by atoms with van der Waals surface area (Å²) in [6.45, 7) is 8.63. The minimum atomic E-state index is 0.153. The van der Waals surface area contributed by atoms with Crippen molar-refractivity contribution in [3.63, 3.8) is 0 Å². The summed E-state index contributed by atoms with van der Waals surface area (Å²) >= 11 is 0. The maximum absolute atomic E-state index is 6.26. The molecule has 1 aromatic rings. The minimum Gasteiger partial charge on any atom is -0.374 e. The van der Waals surface area contributed by atoms with Gasteiger partial charge in [-0.15, -0.1) is 0 Å². The van der Waals surface area contributed by atoms with Crippen molar-refractivity contribution < 1.29 is 4.74 Å². The van der Waals surface area contributed by atoms with Crippen molar-refractivity contribution in [2.24, 2.45) is 5.41 Å². The van der Waals surface area contributed by atoms with Gasteiger partial charge in [-0.2, -0.15) is 5.10 Å². The van der Waals surface area contributed by atoms with Crippen molar-refractivity contribution >= 4 is 0 Å². The Kier molecular flexibility index (Phi) is 5.33. The molecule has 1 aliphatic heterocycles. The molecule has 0 amide bonds. The van der Waals surface area contributed by atoms with Crippen LogP contribution in [0.2, 0.25) is 0 Å². The second kappa shape index (κ2) is 7.14. The van der Waals surface area contributed by atoms with Crippen LogP contribution in [0.25, 0.3) is 0 Å². The van der Waals surface area contributed by atoms with Gasteiger partial charge in [-0.1, -0.05) is 13.8 Å². The molecule has 136 valence electrons. The number of rotatable bonds is 6. The Morgan fingerprint density at radius 1 is 1.38 bits per heavy atom. The zero-order chi connectivity index (χ0) is 17.2. The fourth-order valence-corrected chi connectivity index (χ4v) is 4.54. The summed E-state index contributed by atoms with van der Waals surface area (Å²) in [5.74, 6) is 0.585. The lowest BCUT2D eigenvalue weighted by atomic mass is 9.72. The zero-order valence-electron chi connectivity index (χ0n) is 15.8. The van der Waals surface area contributed by atoms with E-state index in [1.807, 2.05) is 7.05 Å². The first-order valence-electron chi connectivity index (χ1n) is 9.43. The van der Waals surface area contributed by atoms with Crippen molar-refractivity contribution in [1.82, 2.24) is 20.4 Å². The Labute approximate surface area is 146 Å². The molecule has 0 radical (unpaired) electrons. The Morgan fingerprint density at radius 2 is 2.12 bits per heavy atom. The normalized spacial score (nSPS) is 29.6. The molecule has 0 atom stereocenters. The fraction of sp³-hybridized carbons (Fsp3) is 0.842. The van der Waals surface area contributed by atoms with Gasteiger partial charge < -0.3 is 15.0 Å². The predicted molar refractivity (Wildman–Crippen MR) is 97.1 cm³/mol. The summed E-state index contributed by atoms with van der Waals surface area (Å²) in [6.07, 6.45) is 8.08.